The highest BCUT2D eigenvalue weighted by molar-refractivity contribution is 6.05. The minimum absolute atomic E-state index is 0.153. The largest absolute Gasteiger partial charge is 0.497 e. The standard InChI is InChI=1S/C25H20N2O5/c1-30-20-13-11-18(12-14-20)26-23(28)21-15-17-5-3-4-6-22(17)32-24(21)27-19-9-7-16(8-10-19)25(29)31-2/h3-15H,1-2H3,(H,26,28). The number of esters is 1. The van der Waals surface area contributed by atoms with Gasteiger partial charge in [0.15, 0.2) is 0 Å². The van der Waals surface area contributed by atoms with Gasteiger partial charge in [0.2, 0.25) is 5.55 Å². The van der Waals surface area contributed by atoms with Crippen LogP contribution in [0.5, 0.6) is 5.75 Å². The van der Waals surface area contributed by atoms with Gasteiger partial charge in [-0.1, -0.05) is 18.2 Å². The molecule has 0 unspecified atom stereocenters. The lowest BCUT2D eigenvalue weighted by Gasteiger charge is -2.08. The molecule has 1 amide bonds. The van der Waals surface area contributed by atoms with E-state index >= 15 is 0 Å². The van der Waals surface area contributed by atoms with E-state index < -0.39 is 5.97 Å². The summed E-state index contributed by atoms with van der Waals surface area (Å²) in [7, 11) is 2.90. The van der Waals surface area contributed by atoms with Gasteiger partial charge in [-0.15, -0.1) is 0 Å². The first-order valence-electron chi connectivity index (χ1n) is 9.79. The molecule has 0 radical (unpaired) electrons. The van der Waals surface area contributed by atoms with Crippen LogP contribution in [0.1, 0.15) is 20.7 Å². The normalized spacial score (nSPS) is 11.2. The second kappa shape index (κ2) is 9.18. The predicted molar refractivity (Wildman–Crippen MR) is 120 cm³/mol. The molecule has 0 aliphatic heterocycles. The molecule has 0 fully saturated rings. The van der Waals surface area contributed by atoms with Crippen molar-refractivity contribution in [2.45, 2.75) is 0 Å². The van der Waals surface area contributed by atoms with Crippen molar-refractivity contribution in [3.05, 3.63) is 95.5 Å². The Labute approximate surface area is 183 Å². The third kappa shape index (κ3) is 4.52. The van der Waals surface area contributed by atoms with Crippen LogP contribution in [0.3, 0.4) is 0 Å². The van der Waals surface area contributed by atoms with Crippen molar-refractivity contribution < 1.29 is 23.5 Å². The molecule has 0 atom stereocenters. The van der Waals surface area contributed by atoms with Crippen LogP contribution in [0, 0.1) is 0 Å². The molecule has 160 valence electrons. The molecular weight excluding hydrogens is 408 g/mol. The number of nitrogens with one attached hydrogen (secondary N) is 1. The number of benzene rings is 3. The Balaban J connectivity index is 1.75. The number of para-hydroxylation sites is 1. The Hall–Kier alpha value is -4.39. The van der Waals surface area contributed by atoms with Crippen LogP contribution in [0.25, 0.3) is 11.0 Å². The van der Waals surface area contributed by atoms with Gasteiger partial charge in [0.25, 0.3) is 5.91 Å². The Morgan fingerprint density at radius 2 is 1.62 bits per heavy atom. The topological polar surface area (TPSA) is 90.1 Å². The SMILES string of the molecule is COC(=O)c1ccc(N=c2oc3ccccc3cc2C(=O)Nc2ccc(OC)cc2)cc1. The second-order valence-electron chi connectivity index (χ2n) is 6.84. The van der Waals surface area contributed by atoms with E-state index in [0.29, 0.717) is 28.3 Å². The number of hydrogen-bond acceptors (Lipinski definition) is 6. The quantitative estimate of drug-likeness (QED) is 0.465. The zero-order valence-electron chi connectivity index (χ0n) is 17.5. The minimum atomic E-state index is -0.438. The highest BCUT2D eigenvalue weighted by Crippen LogP contribution is 2.19. The van der Waals surface area contributed by atoms with Crippen LogP contribution in [0.4, 0.5) is 11.4 Å². The lowest BCUT2D eigenvalue weighted by Crippen LogP contribution is -2.21. The van der Waals surface area contributed by atoms with Gasteiger partial charge in [-0.05, 0) is 60.7 Å². The number of nitrogens with zero attached hydrogens (tertiary/aromatic N) is 1. The molecule has 0 saturated carbocycles. The molecule has 32 heavy (non-hydrogen) atoms. The number of rotatable bonds is 5. The van der Waals surface area contributed by atoms with Crippen LogP contribution in [0.15, 0.2) is 88.3 Å². The molecule has 4 aromatic rings. The molecule has 1 heterocycles. The number of anilines is 1. The van der Waals surface area contributed by atoms with Crippen LogP contribution in [-0.4, -0.2) is 26.1 Å². The maximum absolute atomic E-state index is 13.1. The number of amides is 1. The van der Waals surface area contributed by atoms with Crippen LogP contribution in [0.2, 0.25) is 0 Å². The van der Waals surface area contributed by atoms with Crippen molar-refractivity contribution in [3.8, 4) is 5.75 Å². The van der Waals surface area contributed by atoms with Crippen LogP contribution < -0.4 is 15.6 Å². The fourth-order valence-corrected chi connectivity index (χ4v) is 3.09. The number of carbonyl (C=O) groups is 2. The summed E-state index contributed by atoms with van der Waals surface area (Å²) in [6.45, 7) is 0. The number of carbonyl (C=O) groups excluding carboxylic acids is 2. The Morgan fingerprint density at radius 1 is 0.906 bits per heavy atom. The third-order valence-electron chi connectivity index (χ3n) is 4.77. The maximum Gasteiger partial charge on any atom is 0.337 e. The molecule has 1 N–H and O–H groups in total. The summed E-state index contributed by atoms with van der Waals surface area (Å²) in [6, 6.07) is 22.6. The zero-order chi connectivity index (χ0) is 22.5. The zero-order valence-corrected chi connectivity index (χ0v) is 17.5. The van der Waals surface area contributed by atoms with Crippen molar-refractivity contribution in [1.29, 1.82) is 0 Å². The number of hydrogen-bond donors (Lipinski definition) is 1. The number of ether oxygens (including phenoxy) is 2. The van der Waals surface area contributed by atoms with Gasteiger partial charge < -0.3 is 19.2 Å². The summed E-state index contributed by atoms with van der Waals surface area (Å²) in [5.41, 5.74) is 2.56. The van der Waals surface area contributed by atoms with E-state index in [0.717, 1.165) is 5.39 Å². The molecule has 0 aliphatic rings. The molecule has 0 saturated heterocycles. The van der Waals surface area contributed by atoms with Crippen LogP contribution >= 0.6 is 0 Å². The van der Waals surface area contributed by atoms with Crippen molar-refractivity contribution in [2.24, 2.45) is 4.99 Å². The second-order valence-corrected chi connectivity index (χ2v) is 6.84. The summed E-state index contributed by atoms with van der Waals surface area (Å²) >= 11 is 0. The van der Waals surface area contributed by atoms with E-state index in [4.69, 9.17) is 13.9 Å². The van der Waals surface area contributed by atoms with Gasteiger partial charge in [-0.3, -0.25) is 4.79 Å². The van der Waals surface area contributed by atoms with Crippen molar-refractivity contribution >= 4 is 34.2 Å². The van der Waals surface area contributed by atoms with Crippen molar-refractivity contribution in [3.63, 3.8) is 0 Å². The lowest BCUT2D eigenvalue weighted by atomic mass is 10.1. The predicted octanol–water partition coefficient (Wildman–Crippen LogP) is 4.71. The fourth-order valence-electron chi connectivity index (χ4n) is 3.09. The average Bonchev–Trinajstić information content (AvgIpc) is 2.84. The Morgan fingerprint density at radius 3 is 2.31 bits per heavy atom. The Kier molecular flexibility index (Phi) is 5.98. The summed E-state index contributed by atoms with van der Waals surface area (Å²) in [5.74, 6) is -0.115. The van der Waals surface area contributed by atoms with E-state index in [1.165, 1.54) is 7.11 Å². The molecular formula is C25H20N2O5. The highest BCUT2D eigenvalue weighted by atomic mass is 16.5. The van der Waals surface area contributed by atoms with Gasteiger partial charge >= 0.3 is 5.97 Å². The Bertz CT molecular complexity index is 1340. The first kappa shape index (κ1) is 20.9. The summed E-state index contributed by atoms with van der Waals surface area (Å²) in [5, 5.41) is 3.63. The van der Waals surface area contributed by atoms with Crippen molar-refractivity contribution in [2.75, 3.05) is 19.5 Å². The van der Waals surface area contributed by atoms with Gasteiger partial charge in [-0.2, -0.15) is 0 Å². The number of methoxy groups -OCH3 is 2. The number of fused-ring (bicyclic) bond motifs is 1. The highest BCUT2D eigenvalue weighted by Gasteiger charge is 2.13. The van der Waals surface area contributed by atoms with Gasteiger partial charge in [0.05, 0.1) is 25.5 Å². The van der Waals surface area contributed by atoms with E-state index in [-0.39, 0.29) is 17.0 Å². The molecule has 0 bridgehead atoms. The summed E-state index contributed by atoms with van der Waals surface area (Å²) in [6.07, 6.45) is 0. The first-order valence-corrected chi connectivity index (χ1v) is 9.79. The minimum Gasteiger partial charge on any atom is -0.497 e. The van der Waals surface area contributed by atoms with E-state index in [1.54, 1.807) is 67.8 Å². The lowest BCUT2D eigenvalue weighted by molar-refractivity contribution is 0.0600. The van der Waals surface area contributed by atoms with Gasteiger partial charge in [0.1, 0.15) is 16.9 Å². The first-order chi connectivity index (χ1) is 15.6. The monoisotopic (exact) mass is 428 g/mol. The van der Waals surface area contributed by atoms with Crippen LogP contribution in [-0.2, 0) is 4.74 Å². The van der Waals surface area contributed by atoms with E-state index in [2.05, 4.69) is 10.3 Å². The van der Waals surface area contributed by atoms with E-state index in [1.807, 2.05) is 18.2 Å². The molecule has 1 aromatic heterocycles. The average molecular weight is 428 g/mol. The molecule has 4 rings (SSSR count). The molecule has 0 spiro atoms. The molecule has 0 aliphatic carbocycles. The molecule has 7 heteroatoms. The molecule has 3 aromatic carbocycles. The van der Waals surface area contributed by atoms with Gasteiger partial charge in [-0.25, -0.2) is 9.79 Å². The third-order valence-corrected chi connectivity index (χ3v) is 4.77. The smallest absolute Gasteiger partial charge is 0.337 e. The maximum atomic E-state index is 13.1. The van der Waals surface area contributed by atoms with Gasteiger partial charge in [0, 0.05) is 11.1 Å². The fraction of sp³-hybridized carbons (Fsp3) is 0.0800. The summed E-state index contributed by atoms with van der Waals surface area (Å²) in [4.78, 5) is 29.2. The molecule has 7 nitrogen and oxygen atoms in total. The summed E-state index contributed by atoms with van der Waals surface area (Å²) < 4.78 is 15.8. The van der Waals surface area contributed by atoms with E-state index in [9.17, 15) is 9.59 Å². The van der Waals surface area contributed by atoms with Crippen molar-refractivity contribution in [1.82, 2.24) is 0 Å².